The summed E-state index contributed by atoms with van der Waals surface area (Å²) < 4.78 is 44.8. The van der Waals surface area contributed by atoms with Crippen LogP contribution in [0.3, 0.4) is 0 Å². The van der Waals surface area contributed by atoms with Crippen LogP contribution in [0.15, 0.2) is 30.3 Å². The lowest BCUT2D eigenvalue weighted by atomic mass is 10.2. The summed E-state index contributed by atoms with van der Waals surface area (Å²) in [6.45, 7) is -0.314. The van der Waals surface area contributed by atoms with E-state index in [1.165, 1.54) is 23.1 Å². The number of rotatable bonds is 9. The van der Waals surface area contributed by atoms with E-state index in [0.717, 1.165) is 18.2 Å². The fourth-order valence-corrected chi connectivity index (χ4v) is 1.95. The van der Waals surface area contributed by atoms with Crippen molar-refractivity contribution >= 4 is 18.0 Å². The van der Waals surface area contributed by atoms with Crippen molar-refractivity contribution in [2.45, 2.75) is 19.2 Å². The second-order valence-electron chi connectivity index (χ2n) is 5.25. The van der Waals surface area contributed by atoms with Crippen molar-refractivity contribution in [1.29, 1.82) is 10.5 Å². The first-order valence-corrected chi connectivity index (χ1v) is 7.97. The number of esters is 1. The quantitative estimate of drug-likeness (QED) is 0.470. The lowest BCUT2D eigenvalue weighted by Gasteiger charge is -2.19. The molecule has 7 nitrogen and oxygen atoms in total. The van der Waals surface area contributed by atoms with Crippen molar-refractivity contribution in [3.63, 3.8) is 0 Å². The summed E-state index contributed by atoms with van der Waals surface area (Å²) in [6.07, 6.45) is -2.31. The molecule has 0 aromatic heterocycles. The summed E-state index contributed by atoms with van der Waals surface area (Å²) in [6, 6.07) is 8.55. The first-order valence-electron chi connectivity index (χ1n) is 7.97. The van der Waals surface area contributed by atoms with Crippen LogP contribution in [0, 0.1) is 22.7 Å². The molecule has 148 valence electrons. The van der Waals surface area contributed by atoms with Gasteiger partial charge in [0.05, 0.1) is 25.0 Å². The molecule has 0 saturated heterocycles. The highest BCUT2D eigenvalue weighted by Gasteiger charge is 2.30. The van der Waals surface area contributed by atoms with Crippen LogP contribution in [0.25, 0.3) is 6.08 Å². The van der Waals surface area contributed by atoms with Gasteiger partial charge in [0.2, 0.25) is 0 Å². The largest absolute Gasteiger partial charge is 0.573 e. The summed E-state index contributed by atoms with van der Waals surface area (Å²) in [5.74, 6) is -1.77. The van der Waals surface area contributed by atoms with Gasteiger partial charge in [0.15, 0.2) is 6.61 Å². The summed E-state index contributed by atoms with van der Waals surface area (Å²) in [7, 11) is 0. The molecule has 1 amide bonds. The minimum Gasteiger partial charge on any atom is -0.452 e. The Hall–Kier alpha value is -3.53. The summed E-state index contributed by atoms with van der Waals surface area (Å²) in [4.78, 5) is 24.9. The van der Waals surface area contributed by atoms with Gasteiger partial charge in [-0.3, -0.25) is 4.79 Å². The molecule has 0 N–H and O–H groups in total. The minimum atomic E-state index is -4.79. The van der Waals surface area contributed by atoms with Crippen LogP contribution in [0.2, 0.25) is 0 Å². The highest BCUT2D eigenvalue weighted by Crippen LogP contribution is 2.22. The average Bonchev–Trinajstić information content (AvgIpc) is 2.64. The SMILES string of the molecule is N#CCCN(CCC#N)C(=O)COC(=O)/C=C/c1ccc(OC(F)(F)F)cc1. The van der Waals surface area contributed by atoms with Gasteiger partial charge >= 0.3 is 12.3 Å². The Kier molecular flexibility index (Phi) is 9.04. The van der Waals surface area contributed by atoms with Crippen molar-refractivity contribution in [2.75, 3.05) is 19.7 Å². The third kappa shape index (κ3) is 9.25. The van der Waals surface area contributed by atoms with Gasteiger partial charge in [-0.05, 0) is 23.8 Å². The molecule has 0 fully saturated rings. The van der Waals surface area contributed by atoms with Crippen LogP contribution in [0.5, 0.6) is 5.75 Å². The van der Waals surface area contributed by atoms with Gasteiger partial charge in [-0.1, -0.05) is 12.1 Å². The maximum absolute atomic E-state index is 12.1. The van der Waals surface area contributed by atoms with E-state index in [9.17, 15) is 22.8 Å². The number of hydrogen-bond donors (Lipinski definition) is 0. The number of alkyl halides is 3. The summed E-state index contributed by atoms with van der Waals surface area (Å²) >= 11 is 0. The number of benzene rings is 1. The van der Waals surface area contributed by atoms with E-state index in [0.29, 0.717) is 5.56 Å². The van der Waals surface area contributed by atoms with Crippen molar-refractivity contribution in [1.82, 2.24) is 4.90 Å². The van der Waals surface area contributed by atoms with Crippen LogP contribution in [-0.2, 0) is 14.3 Å². The van der Waals surface area contributed by atoms with Gasteiger partial charge < -0.3 is 14.4 Å². The molecule has 0 unspecified atom stereocenters. The molecule has 0 radical (unpaired) electrons. The van der Waals surface area contributed by atoms with Crippen LogP contribution in [-0.4, -0.2) is 42.8 Å². The lowest BCUT2D eigenvalue weighted by molar-refractivity contribution is -0.274. The van der Waals surface area contributed by atoms with E-state index in [-0.39, 0.29) is 25.9 Å². The van der Waals surface area contributed by atoms with Crippen LogP contribution >= 0.6 is 0 Å². The van der Waals surface area contributed by atoms with Gasteiger partial charge in [-0.2, -0.15) is 10.5 Å². The number of hydrogen-bond acceptors (Lipinski definition) is 6. The molecule has 28 heavy (non-hydrogen) atoms. The van der Waals surface area contributed by atoms with Gasteiger partial charge in [-0.25, -0.2) is 4.79 Å². The normalized spacial score (nSPS) is 10.8. The monoisotopic (exact) mass is 395 g/mol. The highest BCUT2D eigenvalue weighted by molar-refractivity contribution is 5.89. The Bertz CT molecular complexity index is 759. The van der Waals surface area contributed by atoms with Crippen molar-refractivity contribution in [3.8, 4) is 17.9 Å². The Labute approximate surface area is 159 Å². The van der Waals surface area contributed by atoms with Crippen molar-refractivity contribution < 1.29 is 32.2 Å². The van der Waals surface area contributed by atoms with Crippen molar-refractivity contribution in [3.05, 3.63) is 35.9 Å². The van der Waals surface area contributed by atoms with E-state index < -0.39 is 30.6 Å². The van der Waals surface area contributed by atoms with E-state index in [2.05, 4.69) is 4.74 Å². The summed E-state index contributed by atoms with van der Waals surface area (Å²) in [5, 5.41) is 17.2. The molecule has 0 bridgehead atoms. The Morgan fingerprint density at radius 1 is 1.07 bits per heavy atom. The number of ether oxygens (including phenoxy) is 2. The molecular weight excluding hydrogens is 379 g/mol. The maximum Gasteiger partial charge on any atom is 0.573 e. The maximum atomic E-state index is 12.1. The Morgan fingerprint density at radius 3 is 2.14 bits per heavy atom. The molecule has 0 saturated carbocycles. The molecule has 0 spiro atoms. The number of nitrogens with zero attached hydrogens (tertiary/aromatic N) is 3. The minimum absolute atomic E-state index is 0.0824. The molecule has 0 aliphatic heterocycles. The predicted octanol–water partition coefficient (Wildman–Crippen LogP) is 2.80. The molecule has 0 atom stereocenters. The second-order valence-corrected chi connectivity index (χ2v) is 5.25. The highest BCUT2D eigenvalue weighted by atomic mass is 19.4. The van der Waals surface area contributed by atoms with Gasteiger partial charge in [-0.15, -0.1) is 13.2 Å². The molecule has 0 aliphatic rings. The van der Waals surface area contributed by atoms with E-state index >= 15 is 0 Å². The van der Waals surface area contributed by atoms with Crippen LogP contribution in [0.1, 0.15) is 18.4 Å². The van der Waals surface area contributed by atoms with Crippen LogP contribution in [0.4, 0.5) is 13.2 Å². The van der Waals surface area contributed by atoms with E-state index in [1.807, 2.05) is 12.1 Å². The first kappa shape index (κ1) is 22.5. The van der Waals surface area contributed by atoms with Gasteiger partial charge in [0, 0.05) is 19.2 Å². The molecule has 1 aromatic rings. The number of halogens is 3. The standard InChI is InChI=1S/C18H16F3N3O4/c19-18(20,21)28-15-6-3-14(4-7-15)5-8-17(26)27-13-16(25)24(11-1-9-22)12-2-10-23/h3-8H,1-2,11-13H2/b8-5+. The number of carbonyl (C=O) groups excluding carboxylic acids is 2. The smallest absolute Gasteiger partial charge is 0.452 e. The second kappa shape index (κ2) is 11.2. The number of nitriles is 2. The topological polar surface area (TPSA) is 103 Å². The molecule has 1 rings (SSSR count). The molecule has 0 heterocycles. The predicted molar refractivity (Wildman–Crippen MR) is 90.2 cm³/mol. The van der Waals surface area contributed by atoms with Crippen molar-refractivity contribution in [2.24, 2.45) is 0 Å². The number of carbonyl (C=O) groups is 2. The van der Waals surface area contributed by atoms with Crippen LogP contribution < -0.4 is 4.74 Å². The fraction of sp³-hybridized carbons (Fsp3) is 0.333. The first-order chi connectivity index (χ1) is 13.2. The zero-order chi connectivity index (χ0) is 21.0. The number of amides is 1. The molecule has 0 aliphatic carbocycles. The molecular formula is C18H16F3N3O4. The third-order valence-corrected chi connectivity index (χ3v) is 3.20. The third-order valence-electron chi connectivity index (χ3n) is 3.20. The Morgan fingerprint density at radius 2 is 1.64 bits per heavy atom. The zero-order valence-corrected chi connectivity index (χ0v) is 14.6. The zero-order valence-electron chi connectivity index (χ0n) is 14.6. The lowest BCUT2D eigenvalue weighted by Crippen LogP contribution is -2.36. The molecule has 10 heteroatoms. The van der Waals surface area contributed by atoms with E-state index in [4.69, 9.17) is 15.3 Å². The summed E-state index contributed by atoms with van der Waals surface area (Å²) in [5.41, 5.74) is 0.419. The average molecular weight is 395 g/mol. The van der Waals surface area contributed by atoms with Gasteiger partial charge in [0.25, 0.3) is 5.91 Å². The van der Waals surface area contributed by atoms with Gasteiger partial charge in [0.1, 0.15) is 5.75 Å². The molecule has 1 aromatic carbocycles. The fourth-order valence-electron chi connectivity index (χ4n) is 1.95. The Balaban J connectivity index is 2.53. The van der Waals surface area contributed by atoms with E-state index in [1.54, 1.807) is 0 Å².